The molecule has 0 saturated carbocycles. The summed E-state index contributed by atoms with van der Waals surface area (Å²) in [5.74, 6) is 0.461. The number of benzene rings is 2. The fraction of sp³-hybridized carbons (Fsp3) is 0.278. The average Bonchev–Trinajstić information content (AvgIpc) is 2.55. The molecule has 2 aromatic rings. The summed E-state index contributed by atoms with van der Waals surface area (Å²) >= 11 is 0. The SMILES string of the molecule is CCOC(=O)COCc1ccc(OCc2ccccc2)cc1. The molecule has 22 heavy (non-hydrogen) atoms. The molecule has 0 atom stereocenters. The van der Waals surface area contributed by atoms with E-state index >= 15 is 0 Å². The Morgan fingerprint density at radius 1 is 0.909 bits per heavy atom. The van der Waals surface area contributed by atoms with E-state index in [0.717, 1.165) is 16.9 Å². The van der Waals surface area contributed by atoms with Gasteiger partial charge in [0, 0.05) is 0 Å². The van der Waals surface area contributed by atoms with Crippen molar-refractivity contribution in [1.29, 1.82) is 0 Å². The first kappa shape index (κ1) is 16.0. The minimum atomic E-state index is -0.342. The molecule has 116 valence electrons. The third-order valence-corrected chi connectivity index (χ3v) is 2.97. The Balaban J connectivity index is 1.74. The van der Waals surface area contributed by atoms with Gasteiger partial charge in [0.2, 0.25) is 0 Å². The van der Waals surface area contributed by atoms with Crippen molar-refractivity contribution in [3.63, 3.8) is 0 Å². The summed E-state index contributed by atoms with van der Waals surface area (Å²) in [7, 11) is 0. The zero-order valence-electron chi connectivity index (χ0n) is 12.7. The van der Waals surface area contributed by atoms with Gasteiger partial charge in [-0.25, -0.2) is 4.79 Å². The van der Waals surface area contributed by atoms with Gasteiger partial charge in [-0.05, 0) is 30.2 Å². The minimum absolute atomic E-state index is 0.0277. The highest BCUT2D eigenvalue weighted by atomic mass is 16.6. The molecule has 0 saturated heterocycles. The van der Waals surface area contributed by atoms with Crippen LogP contribution in [0, 0.1) is 0 Å². The topological polar surface area (TPSA) is 44.8 Å². The molecule has 0 amide bonds. The quantitative estimate of drug-likeness (QED) is 0.701. The number of carbonyl (C=O) groups is 1. The summed E-state index contributed by atoms with van der Waals surface area (Å²) in [4.78, 5) is 11.1. The lowest BCUT2D eigenvalue weighted by Gasteiger charge is -2.08. The monoisotopic (exact) mass is 300 g/mol. The van der Waals surface area contributed by atoms with Crippen molar-refractivity contribution in [2.24, 2.45) is 0 Å². The minimum Gasteiger partial charge on any atom is -0.489 e. The number of rotatable bonds is 8. The molecule has 2 aromatic carbocycles. The predicted molar refractivity (Wildman–Crippen MR) is 83.5 cm³/mol. The molecule has 0 spiro atoms. The zero-order valence-corrected chi connectivity index (χ0v) is 12.7. The van der Waals surface area contributed by atoms with Gasteiger partial charge >= 0.3 is 5.97 Å². The summed E-state index contributed by atoms with van der Waals surface area (Å²) in [5.41, 5.74) is 2.11. The molecular weight excluding hydrogens is 280 g/mol. The Hall–Kier alpha value is -2.33. The van der Waals surface area contributed by atoms with Gasteiger partial charge in [0.05, 0.1) is 13.2 Å². The fourth-order valence-electron chi connectivity index (χ4n) is 1.88. The highest BCUT2D eigenvalue weighted by molar-refractivity contribution is 5.70. The van der Waals surface area contributed by atoms with E-state index < -0.39 is 0 Å². The predicted octanol–water partition coefficient (Wildman–Crippen LogP) is 3.35. The Labute approximate surface area is 130 Å². The molecule has 0 aliphatic carbocycles. The number of carbonyl (C=O) groups excluding carboxylic acids is 1. The third kappa shape index (κ3) is 5.58. The highest BCUT2D eigenvalue weighted by Crippen LogP contribution is 2.14. The van der Waals surface area contributed by atoms with Gasteiger partial charge in [-0.1, -0.05) is 42.5 Å². The van der Waals surface area contributed by atoms with Gasteiger partial charge in [0.1, 0.15) is 19.0 Å². The van der Waals surface area contributed by atoms with E-state index in [0.29, 0.717) is 19.8 Å². The number of hydrogen-bond acceptors (Lipinski definition) is 4. The summed E-state index contributed by atoms with van der Waals surface area (Å²) in [6, 6.07) is 17.6. The van der Waals surface area contributed by atoms with E-state index in [1.54, 1.807) is 6.92 Å². The van der Waals surface area contributed by atoms with Crippen molar-refractivity contribution in [1.82, 2.24) is 0 Å². The van der Waals surface area contributed by atoms with Crippen LogP contribution in [0.5, 0.6) is 5.75 Å². The summed E-state index contributed by atoms with van der Waals surface area (Å²) in [5, 5.41) is 0. The number of hydrogen-bond donors (Lipinski definition) is 0. The second kappa shape index (κ2) is 8.85. The lowest BCUT2D eigenvalue weighted by Crippen LogP contribution is -2.12. The maximum atomic E-state index is 11.1. The van der Waals surface area contributed by atoms with Crippen LogP contribution in [0.15, 0.2) is 54.6 Å². The third-order valence-electron chi connectivity index (χ3n) is 2.97. The van der Waals surface area contributed by atoms with E-state index in [2.05, 4.69) is 0 Å². The molecule has 0 radical (unpaired) electrons. The molecule has 0 unspecified atom stereocenters. The molecule has 0 aliphatic heterocycles. The van der Waals surface area contributed by atoms with Gasteiger partial charge in [0.15, 0.2) is 0 Å². The van der Waals surface area contributed by atoms with Crippen LogP contribution in [-0.2, 0) is 27.5 Å². The molecule has 0 fully saturated rings. The largest absolute Gasteiger partial charge is 0.489 e. The van der Waals surface area contributed by atoms with Crippen LogP contribution in [0.1, 0.15) is 18.1 Å². The standard InChI is InChI=1S/C18H20O4/c1-2-21-18(19)14-20-12-16-8-10-17(11-9-16)22-13-15-6-4-3-5-7-15/h3-11H,2,12-14H2,1H3. The number of ether oxygens (including phenoxy) is 3. The van der Waals surface area contributed by atoms with E-state index in [1.807, 2.05) is 54.6 Å². The maximum Gasteiger partial charge on any atom is 0.332 e. The van der Waals surface area contributed by atoms with Crippen molar-refractivity contribution in [2.75, 3.05) is 13.2 Å². The van der Waals surface area contributed by atoms with Crippen LogP contribution in [0.25, 0.3) is 0 Å². The van der Waals surface area contributed by atoms with Crippen molar-refractivity contribution in [3.05, 3.63) is 65.7 Å². The second-order valence-electron chi connectivity index (χ2n) is 4.72. The van der Waals surface area contributed by atoms with Crippen molar-refractivity contribution >= 4 is 5.97 Å². The second-order valence-corrected chi connectivity index (χ2v) is 4.72. The summed E-state index contributed by atoms with van der Waals surface area (Å²) in [6.45, 7) is 3.03. The van der Waals surface area contributed by atoms with E-state index in [-0.39, 0.29) is 12.6 Å². The molecular formula is C18H20O4. The Bertz CT molecular complexity index is 563. The van der Waals surface area contributed by atoms with Gasteiger partial charge in [-0.2, -0.15) is 0 Å². The van der Waals surface area contributed by atoms with Crippen LogP contribution >= 0.6 is 0 Å². The maximum absolute atomic E-state index is 11.1. The van der Waals surface area contributed by atoms with E-state index in [1.165, 1.54) is 0 Å². The van der Waals surface area contributed by atoms with Gasteiger partial charge in [-0.3, -0.25) is 0 Å². The molecule has 4 nitrogen and oxygen atoms in total. The zero-order chi connectivity index (χ0) is 15.6. The molecule has 0 aromatic heterocycles. The molecule has 0 aliphatic rings. The average molecular weight is 300 g/mol. The fourth-order valence-corrected chi connectivity index (χ4v) is 1.88. The van der Waals surface area contributed by atoms with E-state index in [9.17, 15) is 4.79 Å². The Kier molecular flexibility index (Phi) is 6.45. The van der Waals surface area contributed by atoms with Crippen molar-refractivity contribution in [3.8, 4) is 5.75 Å². The highest BCUT2D eigenvalue weighted by Gasteiger charge is 2.02. The van der Waals surface area contributed by atoms with E-state index in [4.69, 9.17) is 14.2 Å². The molecule has 0 bridgehead atoms. The lowest BCUT2D eigenvalue weighted by molar-refractivity contribution is -0.148. The molecule has 4 heteroatoms. The Morgan fingerprint density at radius 2 is 1.59 bits per heavy atom. The first-order chi connectivity index (χ1) is 10.8. The lowest BCUT2D eigenvalue weighted by atomic mass is 10.2. The van der Waals surface area contributed by atoms with Crippen LogP contribution in [-0.4, -0.2) is 19.2 Å². The van der Waals surface area contributed by atoms with Crippen molar-refractivity contribution in [2.45, 2.75) is 20.1 Å². The first-order valence-electron chi connectivity index (χ1n) is 7.27. The van der Waals surface area contributed by atoms with Crippen LogP contribution < -0.4 is 4.74 Å². The summed E-state index contributed by atoms with van der Waals surface area (Å²) in [6.07, 6.45) is 0. The Morgan fingerprint density at radius 3 is 2.27 bits per heavy atom. The van der Waals surface area contributed by atoms with Crippen LogP contribution in [0.4, 0.5) is 0 Å². The molecule has 0 heterocycles. The number of esters is 1. The smallest absolute Gasteiger partial charge is 0.332 e. The molecule has 0 N–H and O–H groups in total. The van der Waals surface area contributed by atoms with Crippen LogP contribution in [0.2, 0.25) is 0 Å². The normalized spacial score (nSPS) is 10.2. The van der Waals surface area contributed by atoms with Gasteiger partial charge in [-0.15, -0.1) is 0 Å². The van der Waals surface area contributed by atoms with Crippen molar-refractivity contribution < 1.29 is 19.0 Å². The molecule has 2 rings (SSSR count). The van der Waals surface area contributed by atoms with Crippen LogP contribution in [0.3, 0.4) is 0 Å². The van der Waals surface area contributed by atoms with Gasteiger partial charge in [0.25, 0.3) is 0 Å². The summed E-state index contributed by atoms with van der Waals surface area (Å²) < 4.78 is 15.8. The first-order valence-corrected chi connectivity index (χ1v) is 7.27. The van der Waals surface area contributed by atoms with Gasteiger partial charge < -0.3 is 14.2 Å².